The van der Waals surface area contributed by atoms with Crippen LogP contribution in [0.2, 0.25) is 0 Å². The zero-order chi connectivity index (χ0) is 33.6. The Morgan fingerprint density at radius 2 is 0.689 bits per heavy atom. The van der Waals surface area contributed by atoms with Gasteiger partial charge in [-0.1, -0.05) is 90.1 Å². The fraction of sp³-hybridized carbons (Fsp3) is 0.243. The van der Waals surface area contributed by atoms with E-state index in [9.17, 15) is 19.2 Å². The van der Waals surface area contributed by atoms with Crippen LogP contribution in [0.5, 0.6) is 11.5 Å². The fourth-order valence-corrected chi connectivity index (χ4v) is 4.25. The molecule has 0 aromatic heterocycles. The molecule has 2 aliphatic heterocycles. The Bertz CT molecular complexity index is 1400. The molecule has 0 unspecified atom stereocenters. The molecule has 0 N–H and O–H groups in total. The van der Waals surface area contributed by atoms with Gasteiger partial charge in [0.25, 0.3) is 0 Å². The molecule has 236 valence electrons. The Morgan fingerprint density at radius 3 is 0.911 bits per heavy atom. The van der Waals surface area contributed by atoms with Crippen LogP contribution in [-0.2, 0) is 14.9 Å². The molecular formula is C37H40O8. The van der Waals surface area contributed by atoms with Gasteiger partial charge in [-0.05, 0) is 59.7 Å². The third kappa shape index (κ3) is 8.89. The monoisotopic (exact) mass is 612 g/mol. The highest BCUT2D eigenvalue weighted by molar-refractivity contribution is 6.15. The van der Waals surface area contributed by atoms with Crippen LogP contribution in [0.3, 0.4) is 0 Å². The molecular weight excluding hydrogens is 572 g/mol. The van der Waals surface area contributed by atoms with Crippen LogP contribution in [-0.4, -0.2) is 38.1 Å². The highest BCUT2D eigenvalue weighted by Gasteiger charge is 2.29. The van der Waals surface area contributed by atoms with Gasteiger partial charge in [-0.3, -0.25) is 0 Å². The predicted molar refractivity (Wildman–Crippen MR) is 173 cm³/mol. The molecule has 2 heterocycles. The summed E-state index contributed by atoms with van der Waals surface area (Å²) in [6.07, 6.45) is 0. The summed E-state index contributed by atoms with van der Waals surface area (Å²) >= 11 is 0. The first kappa shape index (κ1) is 36.0. The first-order chi connectivity index (χ1) is 21.6. The number of hydrogen-bond acceptors (Lipinski definition) is 8. The molecule has 0 saturated carbocycles. The smallest absolute Gasteiger partial charge is 0.346 e. The lowest BCUT2D eigenvalue weighted by molar-refractivity contribution is 0.0425. The third-order valence-electron chi connectivity index (χ3n) is 6.73. The summed E-state index contributed by atoms with van der Waals surface area (Å²) in [4.78, 5) is 43.3. The summed E-state index contributed by atoms with van der Waals surface area (Å²) in [5.74, 6) is -0.434. The zero-order valence-corrected chi connectivity index (χ0v) is 27.0. The van der Waals surface area contributed by atoms with E-state index >= 15 is 0 Å². The average molecular weight is 613 g/mol. The SMILES string of the molecule is CC.CC.COc1ccc(C(C)(C)c2ccc(OC)cc2)cc1.O=C1OC(=O)c2ccccc21.O=C1OC(=O)c2ccccc21. The predicted octanol–water partition coefficient (Wildman–Crippen LogP) is 8.08. The number of hydrogen-bond donors (Lipinski definition) is 0. The number of fused-ring (bicyclic) bond motifs is 2. The highest BCUT2D eigenvalue weighted by atomic mass is 16.6. The van der Waals surface area contributed by atoms with Crippen molar-refractivity contribution >= 4 is 23.9 Å². The van der Waals surface area contributed by atoms with Crippen molar-refractivity contribution in [1.29, 1.82) is 0 Å². The van der Waals surface area contributed by atoms with Crippen molar-refractivity contribution in [1.82, 2.24) is 0 Å². The van der Waals surface area contributed by atoms with Crippen molar-refractivity contribution in [3.63, 3.8) is 0 Å². The highest BCUT2D eigenvalue weighted by Crippen LogP contribution is 2.33. The van der Waals surface area contributed by atoms with Crippen molar-refractivity contribution in [2.24, 2.45) is 0 Å². The molecule has 4 aromatic carbocycles. The van der Waals surface area contributed by atoms with E-state index in [2.05, 4.69) is 47.6 Å². The first-order valence-electron chi connectivity index (χ1n) is 14.7. The molecule has 0 aliphatic carbocycles. The molecule has 0 saturated heterocycles. The number of ether oxygens (including phenoxy) is 4. The van der Waals surface area contributed by atoms with Crippen LogP contribution < -0.4 is 9.47 Å². The number of benzene rings is 4. The van der Waals surface area contributed by atoms with Crippen LogP contribution in [0, 0.1) is 0 Å². The van der Waals surface area contributed by atoms with Crippen LogP contribution in [0.15, 0.2) is 97.1 Å². The maximum Gasteiger partial charge on any atom is 0.346 e. The normalized spacial score (nSPS) is 12.1. The largest absolute Gasteiger partial charge is 0.497 e. The quantitative estimate of drug-likeness (QED) is 0.168. The van der Waals surface area contributed by atoms with Gasteiger partial charge in [0.05, 0.1) is 36.5 Å². The summed E-state index contributed by atoms with van der Waals surface area (Å²) in [6, 6.07) is 29.5. The topological polar surface area (TPSA) is 105 Å². The number of carbonyl (C=O) groups is 4. The maximum absolute atomic E-state index is 10.8. The molecule has 0 radical (unpaired) electrons. The molecule has 0 amide bonds. The summed E-state index contributed by atoms with van der Waals surface area (Å²) in [6.45, 7) is 12.4. The van der Waals surface area contributed by atoms with Crippen molar-refractivity contribution < 1.29 is 38.1 Å². The van der Waals surface area contributed by atoms with Gasteiger partial charge in [0.2, 0.25) is 0 Å². The molecule has 8 nitrogen and oxygen atoms in total. The number of cyclic esters (lactones) is 4. The zero-order valence-electron chi connectivity index (χ0n) is 27.0. The van der Waals surface area contributed by atoms with E-state index in [1.165, 1.54) is 11.1 Å². The van der Waals surface area contributed by atoms with Gasteiger partial charge in [0.1, 0.15) is 11.5 Å². The van der Waals surface area contributed by atoms with Crippen molar-refractivity contribution in [3.8, 4) is 11.5 Å². The Morgan fingerprint density at radius 1 is 0.444 bits per heavy atom. The second kappa shape index (κ2) is 17.2. The van der Waals surface area contributed by atoms with Gasteiger partial charge in [-0.2, -0.15) is 0 Å². The van der Waals surface area contributed by atoms with Crippen LogP contribution in [0.25, 0.3) is 0 Å². The van der Waals surface area contributed by atoms with Crippen LogP contribution >= 0.6 is 0 Å². The van der Waals surface area contributed by atoms with E-state index in [1.807, 2.05) is 52.0 Å². The van der Waals surface area contributed by atoms with E-state index in [0.717, 1.165) is 11.5 Å². The molecule has 0 atom stereocenters. The lowest BCUT2D eigenvalue weighted by Crippen LogP contribution is -2.18. The van der Waals surface area contributed by atoms with Gasteiger partial charge >= 0.3 is 23.9 Å². The average Bonchev–Trinajstić information content (AvgIpc) is 3.56. The molecule has 4 aromatic rings. The Kier molecular flexibility index (Phi) is 13.7. The van der Waals surface area contributed by atoms with E-state index < -0.39 is 23.9 Å². The van der Waals surface area contributed by atoms with Gasteiger partial charge in [0, 0.05) is 5.41 Å². The minimum absolute atomic E-state index is 0.0431. The van der Waals surface area contributed by atoms with Crippen LogP contribution in [0.1, 0.15) is 94.1 Å². The lowest BCUT2D eigenvalue weighted by Gasteiger charge is -2.26. The molecule has 0 fully saturated rings. The fourth-order valence-electron chi connectivity index (χ4n) is 4.25. The minimum Gasteiger partial charge on any atom is -0.497 e. The Labute approximate surface area is 264 Å². The molecule has 0 bridgehead atoms. The van der Waals surface area contributed by atoms with E-state index in [4.69, 9.17) is 9.47 Å². The van der Waals surface area contributed by atoms with Gasteiger partial charge < -0.3 is 18.9 Å². The van der Waals surface area contributed by atoms with Crippen molar-refractivity contribution in [2.75, 3.05) is 14.2 Å². The number of esters is 4. The maximum atomic E-state index is 10.8. The van der Waals surface area contributed by atoms with E-state index in [-0.39, 0.29) is 5.41 Å². The summed E-state index contributed by atoms with van der Waals surface area (Å²) in [7, 11) is 3.37. The summed E-state index contributed by atoms with van der Waals surface area (Å²) in [5, 5.41) is 0. The summed E-state index contributed by atoms with van der Waals surface area (Å²) < 4.78 is 19.1. The molecule has 6 rings (SSSR count). The Balaban J connectivity index is 0.000000233. The summed E-state index contributed by atoms with van der Waals surface area (Å²) in [5.41, 5.74) is 3.92. The van der Waals surface area contributed by atoms with E-state index in [1.54, 1.807) is 62.8 Å². The van der Waals surface area contributed by atoms with Gasteiger partial charge in [-0.15, -0.1) is 0 Å². The van der Waals surface area contributed by atoms with Gasteiger partial charge in [0.15, 0.2) is 0 Å². The minimum atomic E-state index is -0.550. The number of rotatable bonds is 4. The lowest BCUT2D eigenvalue weighted by atomic mass is 9.78. The number of carbonyl (C=O) groups excluding carboxylic acids is 4. The molecule has 0 spiro atoms. The standard InChI is InChI=1S/C17H20O2.2C8H4O3.2C2H6/c1-17(2,13-5-9-15(18-3)10-6-13)14-7-11-16(19-4)12-8-14;2*9-7-5-3-1-2-4-6(5)8(10)11-7;2*1-2/h5-12H,1-4H3;2*1-4H;2*1-2H3. The molecule has 45 heavy (non-hydrogen) atoms. The molecule has 2 aliphatic rings. The second-order valence-electron chi connectivity index (χ2n) is 9.53. The van der Waals surface area contributed by atoms with Gasteiger partial charge in [-0.25, -0.2) is 19.2 Å². The second-order valence-corrected chi connectivity index (χ2v) is 9.53. The Hall–Kier alpha value is -5.24. The van der Waals surface area contributed by atoms with E-state index in [0.29, 0.717) is 22.3 Å². The molecule has 8 heteroatoms. The van der Waals surface area contributed by atoms with Crippen molar-refractivity contribution in [3.05, 3.63) is 130 Å². The van der Waals surface area contributed by atoms with Crippen LogP contribution in [0.4, 0.5) is 0 Å². The number of methoxy groups -OCH3 is 2. The first-order valence-corrected chi connectivity index (χ1v) is 14.7. The third-order valence-corrected chi connectivity index (χ3v) is 6.73. The van der Waals surface area contributed by atoms with Crippen molar-refractivity contribution in [2.45, 2.75) is 47.0 Å².